The van der Waals surface area contributed by atoms with Crippen molar-refractivity contribution in [3.63, 3.8) is 0 Å². The lowest BCUT2D eigenvalue weighted by Gasteiger charge is -2.05. The second-order valence-electron chi connectivity index (χ2n) is 13.7. The highest BCUT2D eigenvalue weighted by atomic mass is 16.5. The number of hydrogen-bond donors (Lipinski definition) is 0. The lowest BCUT2D eigenvalue weighted by molar-refractivity contribution is -0.143. The summed E-state index contributed by atoms with van der Waals surface area (Å²) < 4.78 is 5.46. The molecule has 2 saturated carbocycles. The van der Waals surface area contributed by atoms with Crippen LogP contribution in [-0.2, 0) is 9.53 Å². The Morgan fingerprint density at radius 1 is 0.550 bits per heavy atom. The summed E-state index contributed by atoms with van der Waals surface area (Å²) in [6.45, 7) is 5.22. The minimum atomic E-state index is 0.0293. The molecule has 0 N–H and O–H groups in total. The van der Waals surface area contributed by atoms with Gasteiger partial charge in [0.1, 0.15) is 0 Å². The second-order valence-corrected chi connectivity index (χ2v) is 13.7. The summed E-state index contributed by atoms with van der Waals surface area (Å²) in [4.78, 5) is 12.0. The number of ether oxygens (including phenoxy) is 1. The van der Waals surface area contributed by atoms with Crippen LogP contribution in [0.25, 0.3) is 0 Å². The molecule has 0 aromatic carbocycles. The average Bonchev–Trinajstić information content (AvgIpc) is 3.88. The number of esters is 1. The van der Waals surface area contributed by atoms with Gasteiger partial charge in [0.2, 0.25) is 0 Å². The van der Waals surface area contributed by atoms with Gasteiger partial charge in [0.25, 0.3) is 0 Å². The van der Waals surface area contributed by atoms with Crippen LogP contribution in [0.15, 0.2) is 12.2 Å². The zero-order chi connectivity index (χ0) is 28.5. The fraction of sp³-hybridized carbons (Fsp3) is 0.921. The van der Waals surface area contributed by atoms with Crippen LogP contribution in [0.2, 0.25) is 0 Å². The first-order valence-corrected chi connectivity index (χ1v) is 18.5. The summed E-state index contributed by atoms with van der Waals surface area (Å²) in [6.07, 6.45) is 41.9. The van der Waals surface area contributed by atoms with Gasteiger partial charge in [-0.2, -0.15) is 0 Å². The lowest BCUT2D eigenvalue weighted by Crippen LogP contribution is -2.05. The SMILES string of the molecule is CCCCCCCCC=CCCCCCCCCOC(=O)CCCCCCCC1CC1CC1CC1CCCCC. The van der Waals surface area contributed by atoms with Crippen LogP contribution in [0.1, 0.15) is 194 Å². The van der Waals surface area contributed by atoms with E-state index >= 15 is 0 Å². The van der Waals surface area contributed by atoms with E-state index in [1.165, 1.54) is 148 Å². The molecule has 2 heteroatoms. The number of hydrogen-bond acceptors (Lipinski definition) is 2. The number of rotatable bonds is 30. The van der Waals surface area contributed by atoms with Crippen LogP contribution in [0.5, 0.6) is 0 Å². The van der Waals surface area contributed by atoms with Gasteiger partial charge in [-0.15, -0.1) is 0 Å². The van der Waals surface area contributed by atoms with Gasteiger partial charge < -0.3 is 4.74 Å². The van der Waals surface area contributed by atoms with Crippen molar-refractivity contribution in [2.24, 2.45) is 23.7 Å². The van der Waals surface area contributed by atoms with Crippen LogP contribution in [0.4, 0.5) is 0 Å². The summed E-state index contributed by atoms with van der Waals surface area (Å²) in [7, 11) is 0. The van der Waals surface area contributed by atoms with Gasteiger partial charge in [0.05, 0.1) is 6.61 Å². The first-order chi connectivity index (χ1) is 19.7. The van der Waals surface area contributed by atoms with Crippen molar-refractivity contribution in [3.05, 3.63) is 12.2 Å². The molecule has 234 valence electrons. The fourth-order valence-electron chi connectivity index (χ4n) is 6.76. The molecule has 4 unspecified atom stereocenters. The van der Waals surface area contributed by atoms with E-state index in [1.54, 1.807) is 12.8 Å². The zero-order valence-electron chi connectivity index (χ0n) is 27.3. The molecule has 0 aromatic rings. The molecule has 0 saturated heterocycles. The van der Waals surface area contributed by atoms with Crippen molar-refractivity contribution in [2.45, 2.75) is 194 Å². The number of unbranched alkanes of at least 4 members (excludes halogenated alkanes) is 18. The van der Waals surface area contributed by atoms with E-state index in [1.807, 2.05) is 0 Å². The van der Waals surface area contributed by atoms with Crippen molar-refractivity contribution in [3.8, 4) is 0 Å². The highest BCUT2D eigenvalue weighted by Gasteiger charge is 2.44. The smallest absolute Gasteiger partial charge is 0.305 e. The Kier molecular flexibility index (Phi) is 21.9. The average molecular weight is 559 g/mol. The van der Waals surface area contributed by atoms with E-state index in [0.29, 0.717) is 13.0 Å². The normalized spacial score (nSPS) is 21.8. The molecule has 40 heavy (non-hydrogen) atoms. The molecule has 0 heterocycles. The third-order valence-corrected chi connectivity index (χ3v) is 9.80. The van der Waals surface area contributed by atoms with Gasteiger partial charge in [0, 0.05) is 6.42 Å². The maximum Gasteiger partial charge on any atom is 0.305 e. The van der Waals surface area contributed by atoms with Crippen molar-refractivity contribution in [1.82, 2.24) is 0 Å². The molecule has 0 radical (unpaired) electrons. The number of carbonyl (C=O) groups excluding carboxylic acids is 1. The third kappa shape index (κ3) is 20.1. The van der Waals surface area contributed by atoms with Crippen LogP contribution >= 0.6 is 0 Å². The summed E-state index contributed by atoms with van der Waals surface area (Å²) >= 11 is 0. The Morgan fingerprint density at radius 2 is 1.00 bits per heavy atom. The van der Waals surface area contributed by atoms with Gasteiger partial charge in [-0.1, -0.05) is 142 Å². The maximum absolute atomic E-state index is 12.0. The van der Waals surface area contributed by atoms with Gasteiger partial charge in [0.15, 0.2) is 0 Å². The Morgan fingerprint density at radius 3 is 1.60 bits per heavy atom. The molecule has 0 aliphatic heterocycles. The van der Waals surface area contributed by atoms with Crippen LogP contribution in [-0.4, -0.2) is 12.6 Å². The summed E-state index contributed by atoms with van der Waals surface area (Å²) in [5, 5.41) is 0. The molecular weight excluding hydrogens is 488 g/mol. The molecule has 0 spiro atoms. The molecular formula is C38H70O2. The monoisotopic (exact) mass is 559 g/mol. The highest BCUT2D eigenvalue weighted by Crippen LogP contribution is 2.54. The number of allylic oxidation sites excluding steroid dienone is 2. The first kappa shape index (κ1) is 35.4. The van der Waals surface area contributed by atoms with Crippen LogP contribution in [0, 0.1) is 23.7 Å². The molecule has 0 bridgehead atoms. The molecule has 0 amide bonds. The predicted molar refractivity (Wildman–Crippen MR) is 175 cm³/mol. The van der Waals surface area contributed by atoms with Gasteiger partial charge >= 0.3 is 5.97 Å². The molecule has 2 aliphatic rings. The molecule has 2 aliphatic carbocycles. The molecule has 2 nitrogen and oxygen atoms in total. The van der Waals surface area contributed by atoms with E-state index in [0.717, 1.165) is 36.5 Å². The number of carbonyl (C=O) groups is 1. The van der Waals surface area contributed by atoms with Crippen LogP contribution in [0.3, 0.4) is 0 Å². The van der Waals surface area contributed by atoms with Crippen molar-refractivity contribution >= 4 is 5.97 Å². The molecule has 2 fully saturated rings. The fourth-order valence-corrected chi connectivity index (χ4v) is 6.76. The maximum atomic E-state index is 12.0. The molecule has 2 rings (SSSR count). The van der Waals surface area contributed by atoms with Crippen molar-refractivity contribution in [2.75, 3.05) is 6.61 Å². The minimum Gasteiger partial charge on any atom is -0.466 e. The van der Waals surface area contributed by atoms with Crippen molar-refractivity contribution in [1.29, 1.82) is 0 Å². The van der Waals surface area contributed by atoms with E-state index in [4.69, 9.17) is 4.74 Å². The second kappa shape index (κ2) is 24.8. The lowest BCUT2D eigenvalue weighted by atomic mass is 10.0. The summed E-state index contributed by atoms with van der Waals surface area (Å²) in [5.41, 5.74) is 0. The van der Waals surface area contributed by atoms with Crippen molar-refractivity contribution < 1.29 is 9.53 Å². The first-order valence-electron chi connectivity index (χ1n) is 18.5. The summed E-state index contributed by atoms with van der Waals surface area (Å²) in [5.74, 6) is 4.39. The standard InChI is InChI=1S/C38H70O2/c1-3-5-7-8-9-10-11-12-13-14-15-16-17-18-22-26-30-40-38(39)29-25-21-19-20-24-28-35-32-37(35)33-36-31-34(36)27-23-6-4-2/h12-13,34-37H,3-11,14-33H2,1-2H3. The Hall–Kier alpha value is -0.790. The third-order valence-electron chi connectivity index (χ3n) is 9.80. The van der Waals surface area contributed by atoms with E-state index in [9.17, 15) is 4.79 Å². The Bertz CT molecular complexity index is 611. The van der Waals surface area contributed by atoms with Gasteiger partial charge in [-0.25, -0.2) is 0 Å². The molecule has 4 atom stereocenters. The largest absolute Gasteiger partial charge is 0.466 e. The zero-order valence-corrected chi connectivity index (χ0v) is 27.3. The highest BCUT2D eigenvalue weighted by molar-refractivity contribution is 5.69. The summed E-state index contributed by atoms with van der Waals surface area (Å²) in [6, 6.07) is 0. The van der Waals surface area contributed by atoms with Gasteiger partial charge in [-0.05, 0) is 81.5 Å². The Balaban J connectivity index is 1.22. The van der Waals surface area contributed by atoms with E-state index < -0.39 is 0 Å². The van der Waals surface area contributed by atoms with E-state index in [2.05, 4.69) is 26.0 Å². The minimum absolute atomic E-state index is 0.0293. The molecule has 0 aromatic heterocycles. The van der Waals surface area contributed by atoms with Crippen LogP contribution < -0.4 is 0 Å². The topological polar surface area (TPSA) is 26.3 Å². The quantitative estimate of drug-likeness (QED) is 0.0498. The Labute approximate surface area is 251 Å². The van der Waals surface area contributed by atoms with E-state index in [-0.39, 0.29) is 5.97 Å². The van der Waals surface area contributed by atoms with Gasteiger partial charge in [-0.3, -0.25) is 4.79 Å². The predicted octanol–water partition coefficient (Wildman–Crippen LogP) is 12.5.